The molecule has 0 aliphatic heterocycles. The molecule has 1 aromatic rings. The summed E-state index contributed by atoms with van der Waals surface area (Å²) in [6.45, 7) is 10.9. The lowest BCUT2D eigenvalue weighted by Crippen LogP contribution is -2.04. The third kappa shape index (κ3) is 9.49. The highest BCUT2D eigenvalue weighted by atomic mass is 14.7. The zero-order valence-electron chi connectivity index (χ0n) is 14.8. The van der Waals surface area contributed by atoms with E-state index in [1.54, 1.807) is 0 Å². The molecule has 122 valence electrons. The van der Waals surface area contributed by atoms with Crippen LogP contribution >= 0.6 is 0 Å². The van der Waals surface area contributed by atoms with Crippen molar-refractivity contribution in [2.45, 2.75) is 59.8 Å². The Labute approximate surface area is 136 Å². The molecule has 1 aromatic carbocycles. The van der Waals surface area contributed by atoms with E-state index in [1.807, 2.05) is 12.4 Å². The van der Waals surface area contributed by atoms with Gasteiger partial charge in [-0.2, -0.15) is 0 Å². The predicted octanol–water partition coefficient (Wildman–Crippen LogP) is 5.54. The molecule has 0 aliphatic carbocycles. The zero-order chi connectivity index (χ0) is 16.3. The minimum absolute atomic E-state index is 0.443. The fourth-order valence-corrected chi connectivity index (χ4v) is 2.12. The van der Waals surface area contributed by atoms with Gasteiger partial charge < -0.3 is 0 Å². The molecule has 0 aromatic heterocycles. The van der Waals surface area contributed by atoms with Gasteiger partial charge in [0.05, 0.1) is 0 Å². The highest BCUT2D eigenvalue weighted by Crippen LogP contribution is 2.21. The zero-order valence-corrected chi connectivity index (χ0v) is 14.8. The van der Waals surface area contributed by atoms with E-state index >= 15 is 0 Å². The molecule has 2 heteroatoms. The molecular formula is C20H32N2. The van der Waals surface area contributed by atoms with Crippen LogP contribution in [0.15, 0.2) is 34.3 Å². The van der Waals surface area contributed by atoms with Gasteiger partial charge in [-0.1, -0.05) is 64.8 Å². The van der Waals surface area contributed by atoms with Crippen LogP contribution in [0.4, 0.5) is 0 Å². The van der Waals surface area contributed by atoms with Crippen molar-refractivity contribution in [2.24, 2.45) is 15.4 Å². The number of hydrogen-bond donors (Lipinski definition) is 0. The number of unbranched alkanes of at least 4 members (excludes halogenated alkanes) is 2. The van der Waals surface area contributed by atoms with E-state index in [-0.39, 0.29) is 0 Å². The maximum Gasteiger partial charge on any atom is 0.0389 e. The largest absolute Gasteiger partial charge is 0.293 e. The van der Waals surface area contributed by atoms with Crippen molar-refractivity contribution in [2.75, 3.05) is 13.1 Å². The van der Waals surface area contributed by atoms with Gasteiger partial charge in [0, 0.05) is 25.5 Å². The van der Waals surface area contributed by atoms with Crippen LogP contribution in [-0.2, 0) is 0 Å². The van der Waals surface area contributed by atoms with Gasteiger partial charge in [0.25, 0.3) is 0 Å². The molecule has 0 atom stereocenters. The summed E-state index contributed by atoms with van der Waals surface area (Å²) in [6.07, 6.45) is 10.0. The summed E-state index contributed by atoms with van der Waals surface area (Å²) in [5.74, 6) is 0. The Morgan fingerprint density at radius 1 is 0.818 bits per heavy atom. The Balaban J connectivity index is 2.28. The summed E-state index contributed by atoms with van der Waals surface area (Å²) in [7, 11) is 0. The quantitative estimate of drug-likeness (QED) is 0.422. The molecule has 0 saturated heterocycles. The molecule has 22 heavy (non-hydrogen) atoms. The summed E-state index contributed by atoms with van der Waals surface area (Å²) in [5.41, 5.74) is 2.78. The smallest absolute Gasteiger partial charge is 0.0389 e. The lowest BCUT2D eigenvalue weighted by molar-refractivity contribution is 0.361. The molecule has 0 amide bonds. The Morgan fingerprint density at radius 2 is 1.32 bits per heavy atom. The van der Waals surface area contributed by atoms with Crippen LogP contribution < -0.4 is 0 Å². The van der Waals surface area contributed by atoms with Gasteiger partial charge in [-0.15, -0.1) is 0 Å². The molecule has 1 rings (SSSR count). The SMILES string of the molecule is CCCC/N=C/c1ccc(/C=N/CCCCC(C)(C)C)cc1. The maximum absolute atomic E-state index is 4.52. The maximum atomic E-state index is 4.52. The van der Waals surface area contributed by atoms with E-state index < -0.39 is 0 Å². The van der Waals surface area contributed by atoms with E-state index in [0.29, 0.717) is 5.41 Å². The van der Waals surface area contributed by atoms with Crippen LogP contribution in [0.1, 0.15) is 70.9 Å². The minimum Gasteiger partial charge on any atom is -0.293 e. The van der Waals surface area contributed by atoms with Gasteiger partial charge in [-0.05, 0) is 35.8 Å². The van der Waals surface area contributed by atoms with Gasteiger partial charge in [-0.3, -0.25) is 9.98 Å². The van der Waals surface area contributed by atoms with E-state index in [4.69, 9.17) is 0 Å². The Bertz CT molecular complexity index is 450. The van der Waals surface area contributed by atoms with Crippen molar-refractivity contribution in [3.05, 3.63) is 35.4 Å². The molecule has 0 radical (unpaired) electrons. The second kappa shape index (κ2) is 10.3. The topological polar surface area (TPSA) is 24.7 Å². The van der Waals surface area contributed by atoms with Crippen LogP contribution in [0.3, 0.4) is 0 Å². The average molecular weight is 300 g/mol. The molecule has 0 aliphatic rings. The lowest BCUT2D eigenvalue weighted by atomic mass is 9.90. The summed E-state index contributed by atoms with van der Waals surface area (Å²) in [4.78, 5) is 8.94. The first-order valence-corrected chi connectivity index (χ1v) is 8.61. The van der Waals surface area contributed by atoms with E-state index in [2.05, 4.69) is 61.9 Å². The predicted molar refractivity (Wildman–Crippen MR) is 99.6 cm³/mol. The molecule has 0 bridgehead atoms. The fraction of sp³-hybridized carbons (Fsp3) is 0.600. The van der Waals surface area contributed by atoms with Crippen LogP contribution in [0.2, 0.25) is 0 Å². The number of nitrogens with zero attached hydrogens (tertiary/aromatic N) is 2. The third-order valence-corrected chi connectivity index (χ3v) is 3.52. The Morgan fingerprint density at radius 3 is 1.77 bits per heavy atom. The minimum atomic E-state index is 0.443. The molecule has 0 N–H and O–H groups in total. The first-order valence-electron chi connectivity index (χ1n) is 8.61. The highest BCUT2D eigenvalue weighted by Gasteiger charge is 2.08. The molecule has 2 nitrogen and oxygen atoms in total. The fourth-order valence-electron chi connectivity index (χ4n) is 2.12. The number of rotatable bonds is 9. The number of aliphatic imine (C=N–C) groups is 2. The normalized spacial score (nSPS) is 12.5. The monoisotopic (exact) mass is 300 g/mol. The second-order valence-corrected chi connectivity index (χ2v) is 7.11. The first kappa shape index (κ1) is 18.6. The van der Waals surface area contributed by atoms with Crippen molar-refractivity contribution in [1.29, 1.82) is 0 Å². The first-order chi connectivity index (χ1) is 10.5. The van der Waals surface area contributed by atoms with Crippen LogP contribution in [0.5, 0.6) is 0 Å². The molecule has 0 heterocycles. The van der Waals surface area contributed by atoms with Gasteiger partial charge in [0.1, 0.15) is 0 Å². The van der Waals surface area contributed by atoms with Gasteiger partial charge in [0.2, 0.25) is 0 Å². The highest BCUT2D eigenvalue weighted by molar-refractivity contribution is 5.84. The molecule has 0 saturated carbocycles. The van der Waals surface area contributed by atoms with Gasteiger partial charge in [-0.25, -0.2) is 0 Å². The van der Waals surface area contributed by atoms with Crippen molar-refractivity contribution in [1.82, 2.24) is 0 Å². The van der Waals surface area contributed by atoms with Crippen molar-refractivity contribution < 1.29 is 0 Å². The van der Waals surface area contributed by atoms with Crippen LogP contribution in [-0.4, -0.2) is 25.5 Å². The summed E-state index contributed by atoms with van der Waals surface area (Å²) in [6, 6.07) is 8.44. The van der Waals surface area contributed by atoms with Crippen molar-refractivity contribution in [3.8, 4) is 0 Å². The van der Waals surface area contributed by atoms with Crippen molar-refractivity contribution >= 4 is 12.4 Å². The summed E-state index contributed by atoms with van der Waals surface area (Å²) >= 11 is 0. The van der Waals surface area contributed by atoms with E-state index in [9.17, 15) is 0 Å². The average Bonchev–Trinajstić information content (AvgIpc) is 2.47. The molecule has 0 spiro atoms. The van der Waals surface area contributed by atoms with Crippen molar-refractivity contribution in [3.63, 3.8) is 0 Å². The number of hydrogen-bond acceptors (Lipinski definition) is 2. The Hall–Kier alpha value is -1.44. The standard InChI is InChI=1S/C20H32N2/c1-5-6-14-21-16-18-9-11-19(12-10-18)17-22-15-8-7-13-20(2,3)4/h9-12,16-17H,5-8,13-15H2,1-4H3/b21-16+,22-17+. The van der Waals surface area contributed by atoms with Gasteiger partial charge >= 0.3 is 0 Å². The van der Waals surface area contributed by atoms with Crippen LogP contribution in [0.25, 0.3) is 0 Å². The molecule has 0 unspecified atom stereocenters. The summed E-state index contributed by atoms with van der Waals surface area (Å²) < 4.78 is 0. The lowest BCUT2D eigenvalue weighted by Gasteiger charge is -2.16. The number of benzene rings is 1. The second-order valence-electron chi connectivity index (χ2n) is 7.11. The van der Waals surface area contributed by atoms with Crippen LogP contribution in [0, 0.1) is 5.41 Å². The van der Waals surface area contributed by atoms with E-state index in [0.717, 1.165) is 19.5 Å². The Kier molecular flexibility index (Phi) is 8.72. The summed E-state index contributed by atoms with van der Waals surface area (Å²) in [5, 5.41) is 0. The molecular weight excluding hydrogens is 268 g/mol. The third-order valence-electron chi connectivity index (χ3n) is 3.52. The van der Waals surface area contributed by atoms with Gasteiger partial charge in [0.15, 0.2) is 0 Å². The van der Waals surface area contributed by atoms with E-state index in [1.165, 1.54) is 36.8 Å². The molecule has 0 fully saturated rings.